The largest absolute Gasteiger partial charge is 0.337 e. The van der Waals surface area contributed by atoms with E-state index in [4.69, 9.17) is 4.98 Å². The Hall–Kier alpha value is -2.65. The van der Waals surface area contributed by atoms with Crippen LogP contribution in [0.25, 0.3) is 33.9 Å². The molecule has 118 valence electrons. The molecule has 0 aliphatic heterocycles. The normalized spacial score (nSPS) is 10.9. The Balaban J connectivity index is 1.93. The average Bonchev–Trinajstić information content (AvgIpc) is 3.19. The molecular formula is C21H18N2S. The monoisotopic (exact) mass is 330 g/mol. The molecule has 1 N–H and O–H groups in total. The Morgan fingerprint density at radius 1 is 0.833 bits per heavy atom. The van der Waals surface area contributed by atoms with Gasteiger partial charge in [-0.2, -0.15) is 0 Å². The summed E-state index contributed by atoms with van der Waals surface area (Å²) in [5.41, 5.74) is 5.54. The predicted octanol–water partition coefficient (Wildman–Crippen LogP) is 6.09. The van der Waals surface area contributed by atoms with Gasteiger partial charge in [0.25, 0.3) is 0 Å². The van der Waals surface area contributed by atoms with Crippen LogP contribution in [0.15, 0.2) is 66.7 Å². The Kier molecular flexibility index (Phi) is 3.79. The fraction of sp³-hybridized carbons (Fsp3) is 0.0952. The SMILES string of the molecule is Cc1cc(-c2nc(-c3ccccc3)c(-c3ccccc3)[nH]2)c(C)s1. The van der Waals surface area contributed by atoms with Gasteiger partial charge in [0, 0.05) is 26.4 Å². The van der Waals surface area contributed by atoms with E-state index in [0.717, 1.165) is 28.3 Å². The third-order valence-electron chi connectivity index (χ3n) is 4.11. The van der Waals surface area contributed by atoms with E-state index in [2.05, 4.69) is 73.4 Å². The summed E-state index contributed by atoms with van der Waals surface area (Å²) in [4.78, 5) is 11.1. The number of nitrogens with one attached hydrogen (secondary N) is 1. The molecule has 0 unspecified atom stereocenters. The van der Waals surface area contributed by atoms with Gasteiger partial charge in [0.15, 0.2) is 0 Å². The summed E-state index contributed by atoms with van der Waals surface area (Å²) in [6.07, 6.45) is 0. The highest BCUT2D eigenvalue weighted by Crippen LogP contribution is 2.35. The molecule has 2 heterocycles. The fourth-order valence-electron chi connectivity index (χ4n) is 2.99. The van der Waals surface area contributed by atoms with Gasteiger partial charge in [-0.25, -0.2) is 4.98 Å². The first kappa shape index (κ1) is 14.9. The number of aromatic nitrogens is 2. The quantitative estimate of drug-likeness (QED) is 0.484. The molecule has 0 fully saturated rings. The zero-order chi connectivity index (χ0) is 16.5. The van der Waals surface area contributed by atoms with Crippen LogP contribution in [0.2, 0.25) is 0 Å². The van der Waals surface area contributed by atoms with Crippen molar-refractivity contribution in [1.82, 2.24) is 9.97 Å². The van der Waals surface area contributed by atoms with Gasteiger partial charge in [-0.15, -0.1) is 11.3 Å². The second-order valence-electron chi connectivity index (χ2n) is 5.87. The molecule has 2 aromatic carbocycles. The summed E-state index contributed by atoms with van der Waals surface area (Å²) >= 11 is 1.81. The smallest absolute Gasteiger partial charge is 0.139 e. The van der Waals surface area contributed by atoms with Crippen molar-refractivity contribution in [3.05, 3.63) is 76.5 Å². The first-order chi connectivity index (χ1) is 11.7. The summed E-state index contributed by atoms with van der Waals surface area (Å²) in [5, 5.41) is 0. The molecule has 24 heavy (non-hydrogen) atoms. The van der Waals surface area contributed by atoms with E-state index in [0.29, 0.717) is 0 Å². The Morgan fingerprint density at radius 3 is 2.04 bits per heavy atom. The van der Waals surface area contributed by atoms with Gasteiger partial charge < -0.3 is 4.98 Å². The van der Waals surface area contributed by atoms with Crippen LogP contribution in [0, 0.1) is 13.8 Å². The molecule has 2 aromatic heterocycles. The van der Waals surface area contributed by atoms with Crippen molar-refractivity contribution in [1.29, 1.82) is 0 Å². The summed E-state index contributed by atoms with van der Waals surface area (Å²) in [7, 11) is 0. The number of H-pyrrole nitrogens is 1. The molecule has 0 spiro atoms. The maximum absolute atomic E-state index is 4.95. The molecule has 3 heteroatoms. The number of imidazole rings is 1. The van der Waals surface area contributed by atoms with Gasteiger partial charge in [0.1, 0.15) is 5.82 Å². The molecule has 0 bridgehead atoms. The number of benzene rings is 2. The number of nitrogens with zero attached hydrogens (tertiary/aromatic N) is 1. The molecule has 4 rings (SSSR count). The number of aryl methyl sites for hydroxylation is 2. The van der Waals surface area contributed by atoms with Crippen LogP contribution in [-0.4, -0.2) is 9.97 Å². The lowest BCUT2D eigenvalue weighted by Gasteiger charge is -2.02. The molecule has 0 radical (unpaired) electrons. The van der Waals surface area contributed by atoms with Crippen molar-refractivity contribution in [3.8, 4) is 33.9 Å². The van der Waals surface area contributed by atoms with Crippen molar-refractivity contribution in [2.24, 2.45) is 0 Å². The van der Waals surface area contributed by atoms with Crippen LogP contribution in [0.5, 0.6) is 0 Å². The van der Waals surface area contributed by atoms with E-state index >= 15 is 0 Å². The zero-order valence-corrected chi connectivity index (χ0v) is 14.5. The van der Waals surface area contributed by atoms with Crippen molar-refractivity contribution in [2.75, 3.05) is 0 Å². The average molecular weight is 330 g/mol. The Labute approximate surface area is 145 Å². The van der Waals surface area contributed by atoms with Crippen LogP contribution in [-0.2, 0) is 0 Å². The van der Waals surface area contributed by atoms with Crippen molar-refractivity contribution in [3.63, 3.8) is 0 Å². The number of aromatic amines is 1. The van der Waals surface area contributed by atoms with E-state index in [1.807, 2.05) is 23.5 Å². The molecule has 2 nitrogen and oxygen atoms in total. The zero-order valence-electron chi connectivity index (χ0n) is 13.7. The summed E-state index contributed by atoms with van der Waals surface area (Å²) in [6, 6.07) is 23.0. The summed E-state index contributed by atoms with van der Waals surface area (Å²) < 4.78 is 0. The number of rotatable bonds is 3. The second kappa shape index (κ2) is 6.10. The topological polar surface area (TPSA) is 28.7 Å². The molecule has 0 aliphatic rings. The van der Waals surface area contributed by atoms with Gasteiger partial charge >= 0.3 is 0 Å². The predicted molar refractivity (Wildman–Crippen MR) is 102 cm³/mol. The van der Waals surface area contributed by atoms with Gasteiger partial charge in [0.2, 0.25) is 0 Å². The van der Waals surface area contributed by atoms with E-state index < -0.39 is 0 Å². The molecule has 4 aromatic rings. The third kappa shape index (κ3) is 2.68. The maximum atomic E-state index is 4.95. The van der Waals surface area contributed by atoms with Gasteiger partial charge in [0.05, 0.1) is 11.4 Å². The van der Waals surface area contributed by atoms with Crippen LogP contribution in [0.4, 0.5) is 0 Å². The van der Waals surface area contributed by atoms with E-state index in [1.54, 1.807) is 0 Å². The standard InChI is InChI=1S/C21H18N2S/c1-14-13-18(15(2)24-14)21-22-19(16-9-5-3-6-10-16)20(23-21)17-11-7-4-8-12-17/h3-13H,1-2H3,(H,22,23). The van der Waals surface area contributed by atoms with Crippen LogP contribution >= 0.6 is 11.3 Å². The number of hydrogen-bond acceptors (Lipinski definition) is 2. The van der Waals surface area contributed by atoms with Crippen LogP contribution < -0.4 is 0 Å². The molecule has 0 saturated heterocycles. The van der Waals surface area contributed by atoms with Gasteiger partial charge in [-0.1, -0.05) is 60.7 Å². The van der Waals surface area contributed by atoms with Crippen LogP contribution in [0.3, 0.4) is 0 Å². The fourth-order valence-corrected chi connectivity index (χ4v) is 3.91. The van der Waals surface area contributed by atoms with E-state index in [-0.39, 0.29) is 0 Å². The first-order valence-electron chi connectivity index (χ1n) is 8.00. The minimum atomic E-state index is 0.939. The third-order valence-corrected chi connectivity index (χ3v) is 5.08. The molecule has 0 saturated carbocycles. The lowest BCUT2D eigenvalue weighted by molar-refractivity contribution is 1.30. The number of thiophene rings is 1. The maximum Gasteiger partial charge on any atom is 0.139 e. The van der Waals surface area contributed by atoms with Crippen molar-refractivity contribution < 1.29 is 0 Å². The highest BCUT2D eigenvalue weighted by molar-refractivity contribution is 7.12. The molecule has 0 aliphatic carbocycles. The Morgan fingerprint density at radius 2 is 1.46 bits per heavy atom. The van der Waals surface area contributed by atoms with Crippen molar-refractivity contribution in [2.45, 2.75) is 13.8 Å². The van der Waals surface area contributed by atoms with Crippen LogP contribution in [0.1, 0.15) is 9.75 Å². The van der Waals surface area contributed by atoms with E-state index in [1.165, 1.54) is 15.3 Å². The minimum Gasteiger partial charge on any atom is -0.337 e. The summed E-state index contributed by atoms with van der Waals surface area (Å²) in [6.45, 7) is 4.29. The van der Waals surface area contributed by atoms with Gasteiger partial charge in [-0.05, 0) is 19.9 Å². The molecule has 0 amide bonds. The van der Waals surface area contributed by atoms with Crippen molar-refractivity contribution >= 4 is 11.3 Å². The number of hydrogen-bond donors (Lipinski definition) is 1. The highest BCUT2D eigenvalue weighted by Gasteiger charge is 2.17. The first-order valence-corrected chi connectivity index (χ1v) is 8.82. The van der Waals surface area contributed by atoms with E-state index in [9.17, 15) is 0 Å². The lowest BCUT2D eigenvalue weighted by Crippen LogP contribution is -1.82. The minimum absolute atomic E-state index is 0.939. The second-order valence-corrected chi connectivity index (χ2v) is 7.33. The Bertz CT molecular complexity index is 909. The highest BCUT2D eigenvalue weighted by atomic mass is 32.1. The lowest BCUT2D eigenvalue weighted by atomic mass is 10.1. The van der Waals surface area contributed by atoms with Gasteiger partial charge in [-0.3, -0.25) is 0 Å². The summed E-state index contributed by atoms with van der Waals surface area (Å²) in [5.74, 6) is 0.939. The molecule has 0 atom stereocenters. The molecular weight excluding hydrogens is 312 g/mol.